The van der Waals surface area contributed by atoms with E-state index in [4.69, 9.17) is 15.0 Å². The molecule has 3 aromatic rings. The molecule has 0 atom stereocenters. The quantitative estimate of drug-likeness (QED) is 0.673. The first kappa shape index (κ1) is 17.2. The molecule has 25 heavy (non-hydrogen) atoms. The SMILES string of the molecule is CC(C)(c1nc(-c2ccc(OCC(N)=O)cc2)no1)n1cc(Br)cn1. The summed E-state index contributed by atoms with van der Waals surface area (Å²) in [7, 11) is 0. The first-order valence-electron chi connectivity index (χ1n) is 7.42. The second-order valence-corrected chi connectivity index (χ2v) is 6.78. The number of ether oxygens (including phenoxy) is 1. The smallest absolute Gasteiger partial charge is 0.255 e. The van der Waals surface area contributed by atoms with E-state index in [0.29, 0.717) is 17.5 Å². The molecule has 0 fully saturated rings. The second-order valence-electron chi connectivity index (χ2n) is 5.86. The van der Waals surface area contributed by atoms with E-state index < -0.39 is 11.4 Å². The van der Waals surface area contributed by atoms with Crippen LogP contribution in [-0.4, -0.2) is 32.4 Å². The molecule has 0 aliphatic carbocycles. The molecule has 0 aliphatic heterocycles. The second kappa shape index (κ2) is 6.67. The first-order chi connectivity index (χ1) is 11.9. The number of nitrogens with two attached hydrogens (primary N) is 1. The van der Waals surface area contributed by atoms with Gasteiger partial charge in [0.25, 0.3) is 11.8 Å². The molecule has 1 amide bonds. The van der Waals surface area contributed by atoms with E-state index >= 15 is 0 Å². The van der Waals surface area contributed by atoms with Gasteiger partial charge in [0.05, 0.1) is 10.7 Å². The number of hydrogen-bond donors (Lipinski definition) is 1. The van der Waals surface area contributed by atoms with E-state index in [1.165, 1.54) is 0 Å². The van der Waals surface area contributed by atoms with Crippen molar-refractivity contribution in [2.75, 3.05) is 6.61 Å². The number of nitrogens with zero attached hydrogens (tertiary/aromatic N) is 4. The van der Waals surface area contributed by atoms with Gasteiger partial charge in [-0.2, -0.15) is 10.1 Å². The minimum absolute atomic E-state index is 0.167. The van der Waals surface area contributed by atoms with Gasteiger partial charge in [0.15, 0.2) is 6.61 Å². The summed E-state index contributed by atoms with van der Waals surface area (Å²) in [6.45, 7) is 3.70. The Labute approximate surface area is 152 Å². The minimum atomic E-state index is -0.595. The van der Waals surface area contributed by atoms with Gasteiger partial charge in [-0.15, -0.1) is 0 Å². The summed E-state index contributed by atoms with van der Waals surface area (Å²) in [5.41, 5.74) is 5.22. The number of primary amides is 1. The van der Waals surface area contributed by atoms with Crippen LogP contribution >= 0.6 is 15.9 Å². The number of carbonyl (C=O) groups is 1. The Morgan fingerprint density at radius 3 is 2.68 bits per heavy atom. The highest BCUT2D eigenvalue weighted by Gasteiger charge is 2.30. The van der Waals surface area contributed by atoms with Gasteiger partial charge in [-0.05, 0) is 54.0 Å². The molecule has 0 saturated carbocycles. The maximum Gasteiger partial charge on any atom is 0.255 e. The van der Waals surface area contributed by atoms with Crippen LogP contribution < -0.4 is 10.5 Å². The van der Waals surface area contributed by atoms with Gasteiger partial charge >= 0.3 is 0 Å². The van der Waals surface area contributed by atoms with Gasteiger partial charge in [-0.25, -0.2) is 0 Å². The van der Waals surface area contributed by atoms with Gasteiger partial charge in [0.2, 0.25) is 5.82 Å². The average molecular weight is 406 g/mol. The topological polar surface area (TPSA) is 109 Å². The van der Waals surface area contributed by atoms with Crippen molar-refractivity contribution in [3.8, 4) is 17.1 Å². The fourth-order valence-corrected chi connectivity index (χ4v) is 2.43. The lowest BCUT2D eigenvalue weighted by Gasteiger charge is -2.20. The number of halogens is 1. The molecule has 2 N–H and O–H groups in total. The summed E-state index contributed by atoms with van der Waals surface area (Å²) >= 11 is 3.38. The van der Waals surface area contributed by atoms with E-state index in [1.54, 1.807) is 35.1 Å². The zero-order valence-electron chi connectivity index (χ0n) is 13.6. The summed E-state index contributed by atoms with van der Waals surface area (Å²) in [6, 6.07) is 6.99. The molecule has 3 rings (SSSR count). The zero-order chi connectivity index (χ0) is 18.0. The summed E-state index contributed by atoms with van der Waals surface area (Å²) in [5, 5.41) is 8.31. The largest absolute Gasteiger partial charge is 0.484 e. The maximum absolute atomic E-state index is 10.7. The summed E-state index contributed by atoms with van der Waals surface area (Å²) in [4.78, 5) is 15.2. The molecule has 130 valence electrons. The van der Waals surface area contributed by atoms with Crippen LogP contribution in [0.2, 0.25) is 0 Å². The lowest BCUT2D eigenvalue weighted by Crippen LogP contribution is -2.28. The standard InChI is InChI=1S/C16H16BrN5O3/c1-16(2,22-8-11(17)7-19-22)15-20-14(21-25-15)10-3-5-12(6-4-10)24-9-13(18)23/h3-8H,9H2,1-2H3,(H2,18,23). The highest BCUT2D eigenvalue weighted by molar-refractivity contribution is 9.10. The van der Waals surface area contributed by atoms with E-state index in [-0.39, 0.29) is 6.61 Å². The highest BCUT2D eigenvalue weighted by Crippen LogP contribution is 2.27. The molecule has 0 aliphatic rings. The lowest BCUT2D eigenvalue weighted by molar-refractivity contribution is -0.119. The van der Waals surface area contributed by atoms with Crippen molar-refractivity contribution in [1.82, 2.24) is 19.9 Å². The molecular formula is C16H16BrN5O3. The number of carbonyl (C=O) groups excluding carboxylic acids is 1. The third-order valence-electron chi connectivity index (χ3n) is 3.57. The predicted molar refractivity (Wildman–Crippen MR) is 92.8 cm³/mol. The van der Waals surface area contributed by atoms with Crippen molar-refractivity contribution in [3.05, 3.63) is 47.0 Å². The van der Waals surface area contributed by atoms with Crippen LogP contribution in [0.25, 0.3) is 11.4 Å². The van der Waals surface area contributed by atoms with Gasteiger partial charge in [0.1, 0.15) is 11.3 Å². The average Bonchev–Trinajstić information content (AvgIpc) is 3.23. The summed E-state index contributed by atoms with van der Waals surface area (Å²) in [5.74, 6) is 0.898. The lowest BCUT2D eigenvalue weighted by atomic mass is 10.1. The zero-order valence-corrected chi connectivity index (χ0v) is 15.2. The number of aromatic nitrogens is 4. The Bertz CT molecular complexity index is 885. The molecular weight excluding hydrogens is 390 g/mol. The third-order valence-corrected chi connectivity index (χ3v) is 3.98. The van der Waals surface area contributed by atoms with Gasteiger partial charge < -0.3 is 15.0 Å². The molecule has 1 aromatic carbocycles. The molecule has 0 spiro atoms. The molecule has 0 radical (unpaired) electrons. The fourth-order valence-electron chi connectivity index (χ4n) is 2.15. The minimum Gasteiger partial charge on any atom is -0.484 e. The summed E-state index contributed by atoms with van der Waals surface area (Å²) in [6.07, 6.45) is 3.54. The maximum atomic E-state index is 10.7. The van der Waals surface area contributed by atoms with Crippen LogP contribution in [0.4, 0.5) is 0 Å². The van der Waals surface area contributed by atoms with Crippen molar-refractivity contribution >= 4 is 21.8 Å². The number of rotatable bonds is 6. The van der Waals surface area contributed by atoms with Gasteiger partial charge in [-0.1, -0.05) is 5.16 Å². The Kier molecular flexibility index (Phi) is 4.58. The number of benzene rings is 1. The molecule has 0 bridgehead atoms. The van der Waals surface area contributed by atoms with E-state index in [9.17, 15) is 4.79 Å². The van der Waals surface area contributed by atoms with Crippen LogP contribution in [-0.2, 0) is 10.3 Å². The first-order valence-corrected chi connectivity index (χ1v) is 8.22. The third kappa shape index (κ3) is 3.71. The highest BCUT2D eigenvalue weighted by atomic mass is 79.9. The van der Waals surface area contributed by atoms with Crippen molar-refractivity contribution in [1.29, 1.82) is 0 Å². The van der Waals surface area contributed by atoms with Crippen molar-refractivity contribution in [2.45, 2.75) is 19.4 Å². The number of amides is 1. The Morgan fingerprint density at radius 2 is 2.08 bits per heavy atom. The van der Waals surface area contributed by atoms with E-state index in [0.717, 1.165) is 10.0 Å². The van der Waals surface area contributed by atoms with E-state index in [1.807, 2.05) is 20.0 Å². The van der Waals surface area contributed by atoms with Crippen molar-refractivity contribution < 1.29 is 14.1 Å². The van der Waals surface area contributed by atoms with Gasteiger partial charge in [0, 0.05) is 11.8 Å². The Morgan fingerprint density at radius 1 is 1.36 bits per heavy atom. The molecule has 2 aromatic heterocycles. The van der Waals surface area contributed by atoms with Crippen LogP contribution in [0.3, 0.4) is 0 Å². The molecule has 9 heteroatoms. The van der Waals surface area contributed by atoms with Gasteiger partial charge in [-0.3, -0.25) is 9.48 Å². The number of hydrogen-bond acceptors (Lipinski definition) is 6. The molecule has 0 saturated heterocycles. The van der Waals surface area contributed by atoms with E-state index in [2.05, 4.69) is 31.2 Å². The summed E-state index contributed by atoms with van der Waals surface area (Å²) < 4.78 is 13.3. The fraction of sp³-hybridized carbons (Fsp3) is 0.250. The van der Waals surface area contributed by atoms with Crippen LogP contribution in [0.5, 0.6) is 5.75 Å². The van der Waals surface area contributed by atoms with Crippen LogP contribution in [0.15, 0.2) is 45.7 Å². The predicted octanol–water partition coefficient (Wildman–Crippen LogP) is 2.34. The van der Waals surface area contributed by atoms with Crippen LogP contribution in [0, 0.1) is 0 Å². The van der Waals surface area contributed by atoms with Crippen LogP contribution in [0.1, 0.15) is 19.7 Å². The molecule has 2 heterocycles. The van der Waals surface area contributed by atoms with Crippen molar-refractivity contribution in [3.63, 3.8) is 0 Å². The molecule has 0 unspecified atom stereocenters. The normalized spacial score (nSPS) is 11.5. The molecule has 8 nitrogen and oxygen atoms in total. The Balaban J connectivity index is 1.80. The van der Waals surface area contributed by atoms with Crippen molar-refractivity contribution in [2.24, 2.45) is 5.73 Å². The Hall–Kier alpha value is -2.68. The monoisotopic (exact) mass is 405 g/mol.